The van der Waals surface area contributed by atoms with Crippen LogP contribution in [0.3, 0.4) is 0 Å². The van der Waals surface area contributed by atoms with Gasteiger partial charge in [0.05, 0.1) is 12.2 Å². The number of carbonyl (C=O) groups excluding carboxylic acids is 1. The Bertz CT molecular complexity index is 459. The molecule has 0 aromatic heterocycles. The standard InChI is InChI=1S/C13H16BrNO2/c1-8-6-12-10(7-11(8)14)13(16)15(3)9(2)4-5-17-12/h6-7,9H,4-5H2,1-3H3/t9-/m0/s1. The van der Waals surface area contributed by atoms with Gasteiger partial charge in [0, 0.05) is 24.0 Å². The Balaban J connectivity index is 2.50. The van der Waals surface area contributed by atoms with E-state index in [1.165, 1.54) is 0 Å². The molecule has 4 heteroatoms. The number of aryl methyl sites for hydroxylation is 1. The van der Waals surface area contributed by atoms with Crippen LogP contribution in [0.4, 0.5) is 0 Å². The van der Waals surface area contributed by atoms with E-state index in [9.17, 15) is 4.79 Å². The van der Waals surface area contributed by atoms with Crippen LogP contribution < -0.4 is 4.74 Å². The maximum atomic E-state index is 12.3. The number of amides is 1. The summed E-state index contributed by atoms with van der Waals surface area (Å²) in [5.41, 5.74) is 1.71. The van der Waals surface area contributed by atoms with Crippen LogP contribution in [0.2, 0.25) is 0 Å². The van der Waals surface area contributed by atoms with Crippen molar-refractivity contribution in [2.24, 2.45) is 0 Å². The highest BCUT2D eigenvalue weighted by molar-refractivity contribution is 9.10. The zero-order valence-corrected chi connectivity index (χ0v) is 11.9. The third-order valence-corrected chi connectivity index (χ3v) is 4.12. The minimum absolute atomic E-state index is 0.0212. The molecule has 1 aliphatic rings. The number of halogens is 1. The molecule has 0 unspecified atom stereocenters. The van der Waals surface area contributed by atoms with Crippen LogP contribution >= 0.6 is 15.9 Å². The zero-order chi connectivity index (χ0) is 12.6. The number of benzene rings is 1. The second kappa shape index (κ2) is 4.69. The fourth-order valence-corrected chi connectivity index (χ4v) is 2.21. The number of rotatable bonds is 0. The van der Waals surface area contributed by atoms with Crippen molar-refractivity contribution in [2.75, 3.05) is 13.7 Å². The van der Waals surface area contributed by atoms with Gasteiger partial charge >= 0.3 is 0 Å². The first-order valence-electron chi connectivity index (χ1n) is 5.71. The maximum absolute atomic E-state index is 12.3. The zero-order valence-electron chi connectivity index (χ0n) is 10.3. The molecule has 0 radical (unpaired) electrons. The molecule has 2 rings (SSSR count). The van der Waals surface area contributed by atoms with E-state index < -0.39 is 0 Å². The number of ether oxygens (including phenoxy) is 1. The van der Waals surface area contributed by atoms with Gasteiger partial charge in [0.1, 0.15) is 5.75 Å². The molecule has 0 saturated carbocycles. The molecule has 0 spiro atoms. The minimum Gasteiger partial charge on any atom is -0.493 e. The summed E-state index contributed by atoms with van der Waals surface area (Å²) in [5, 5.41) is 0. The van der Waals surface area contributed by atoms with Gasteiger partial charge in [0.2, 0.25) is 0 Å². The van der Waals surface area contributed by atoms with Crippen LogP contribution in [-0.2, 0) is 0 Å². The lowest BCUT2D eigenvalue weighted by atomic mass is 10.1. The molecule has 1 aromatic rings. The number of hydrogen-bond donors (Lipinski definition) is 0. The van der Waals surface area contributed by atoms with Gasteiger partial charge in [0.15, 0.2) is 0 Å². The molecule has 0 N–H and O–H groups in total. The molecule has 3 nitrogen and oxygen atoms in total. The van der Waals surface area contributed by atoms with E-state index >= 15 is 0 Å². The molecule has 92 valence electrons. The van der Waals surface area contributed by atoms with E-state index in [1.807, 2.05) is 33.0 Å². The van der Waals surface area contributed by atoms with Crippen LogP contribution in [0, 0.1) is 6.92 Å². The Morgan fingerprint density at radius 3 is 2.88 bits per heavy atom. The average molecular weight is 298 g/mol. The molecule has 1 aliphatic heterocycles. The van der Waals surface area contributed by atoms with Crippen LogP contribution in [0.15, 0.2) is 16.6 Å². The van der Waals surface area contributed by atoms with Gasteiger partial charge in [0.25, 0.3) is 5.91 Å². The van der Waals surface area contributed by atoms with Gasteiger partial charge in [-0.2, -0.15) is 0 Å². The third kappa shape index (κ3) is 2.32. The van der Waals surface area contributed by atoms with Crippen molar-refractivity contribution in [2.45, 2.75) is 26.3 Å². The molecule has 0 aliphatic carbocycles. The van der Waals surface area contributed by atoms with Crippen LogP contribution in [0.25, 0.3) is 0 Å². The lowest BCUT2D eigenvalue weighted by Gasteiger charge is -2.29. The van der Waals surface area contributed by atoms with E-state index in [-0.39, 0.29) is 11.9 Å². The normalized spacial score (nSPS) is 20.4. The Kier molecular flexibility index (Phi) is 3.43. The van der Waals surface area contributed by atoms with Gasteiger partial charge < -0.3 is 9.64 Å². The van der Waals surface area contributed by atoms with E-state index in [2.05, 4.69) is 15.9 Å². The Hall–Kier alpha value is -1.03. The Morgan fingerprint density at radius 1 is 1.47 bits per heavy atom. The summed E-state index contributed by atoms with van der Waals surface area (Å²) in [6.45, 7) is 4.67. The molecule has 0 bridgehead atoms. The van der Waals surface area contributed by atoms with Crippen LogP contribution in [0.1, 0.15) is 29.3 Å². The second-order valence-electron chi connectivity index (χ2n) is 4.50. The van der Waals surface area contributed by atoms with E-state index in [4.69, 9.17) is 4.74 Å². The summed E-state index contributed by atoms with van der Waals surface area (Å²) in [5.74, 6) is 0.711. The SMILES string of the molecule is Cc1cc2c(cc1Br)C(=O)N(C)[C@@H](C)CCO2. The summed E-state index contributed by atoms with van der Waals surface area (Å²) in [6, 6.07) is 3.97. The first-order valence-corrected chi connectivity index (χ1v) is 6.50. The number of nitrogens with zero attached hydrogens (tertiary/aromatic N) is 1. The summed E-state index contributed by atoms with van der Waals surface area (Å²) < 4.78 is 6.62. The predicted molar refractivity (Wildman–Crippen MR) is 70.5 cm³/mol. The minimum atomic E-state index is 0.0212. The first-order chi connectivity index (χ1) is 8.00. The fraction of sp³-hybridized carbons (Fsp3) is 0.462. The maximum Gasteiger partial charge on any atom is 0.257 e. The molecular formula is C13H16BrNO2. The Morgan fingerprint density at radius 2 is 2.18 bits per heavy atom. The molecule has 1 aromatic carbocycles. The molecule has 17 heavy (non-hydrogen) atoms. The monoisotopic (exact) mass is 297 g/mol. The topological polar surface area (TPSA) is 29.5 Å². The van der Waals surface area contributed by atoms with E-state index in [0.29, 0.717) is 17.9 Å². The second-order valence-corrected chi connectivity index (χ2v) is 5.35. The summed E-state index contributed by atoms with van der Waals surface area (Å²) in [6.07, 6.45) is 0.858. The lowest BCUT2D eigenvalue weighted by molar-refractivity contribution is 0.0700. The molecule has 0 fully saturated rings. The van der Waals surface area contributed by atoms with Gasteiger partial charge in [-0.15, -0.1) is 0 Å². The van der Waals surface area contributed by atoms with Crippen molar-refractivity contribution in [1.82, 2.24) is 4.90 Å². The van der Waals surface area contributed by atoms with Gasteiger partial charge in [-0.05, 0) is 31.5 Å². The van der Waals surface area contributed by atoms with Gasteiger partial charge in [-0.1, -0.05) is 15.9 Å². The van der Waals surface area contributed by atoms with Gasteiger partial charge in [-0.25, -0.2) is 0 Å². The molecule has 1 atom stereocenters. The summed E-state index contributed by atoms with van der Waals surface area (Å²) in [7, 11) is 1.84. The highest BCUT2D eigenvalue weighted by Gasteiger charge is 2.24. The third-order valence-electron chi connectivity index (χ3n) is 3.27. The fourth-order valence-electron chi connectivity index (χ4n) is 1.86. The molecule has 1 heterocycles. The number of fused-ring (bicyclic) bond motifs is 1. The quantitative estimate of drug-likeness (QED) is 0.737. The number of carbonyl (C=O) groups is 1. The van der Waals surface area contributed by atoms with Crippen molar-refractivity contribution < 1.29 is 9.53 Å². The van der Waals surface area contributed by atoms with E-state index in [1.54, 1.807) is 4.90 Å². The summed E-state index contributed by atoms with van der Waals surface area (Å²) >= 11 is 3.46. The molecule has 1 amide bonds. The first kappa shape index (κ1) is 12.4. The molecular weight excluding hydrogens is 282 g/mol. The lowest BCUT2D eigenvalue weighted by Crippen LogP contribution is -2.37. The number of hydrogen-bond acceptors (Lipinski definition) is 2. The molecule has 0 saturated heterocycles. The van der Waals surface area contributed by atoms with Crippen molar-refractivity contribution in [3.8, 4) is 5.75 Å². The highest BCUT2D eigenvalue weighted by atomic mass is 79.9. The van der Waals surface area contributed by atoms with Crippen molar-refractivity contribution in [1.29, 1.82) is 0 Å². The van der Waals surface area contributed by atoms with Crippen molar-refractivity contribution in [3.05, 3.63) is 27.7 Å². The highest BCUT2D eigenvalue weighted by Crippen LogP contribution is 2.29. The van der Waals surface area contributed by atoms with E-state index in [0.717, 1.165) is 16.5 Å². The summed E-state index contributed by atoms with van der Waals surface area (Å²) in [4.78, 5) is 14.1. The Labute approximate surface area is 110 Å². The predicted octanol–water partition coefficient (Wildman–Crippen LogP) is 3.00. The smallest absolute Gasteiger partial charge is 0.257 e. The van der Waals surface area contributed by atoms with Crippen LogP contribution in [0.5, 0.6) is 5.75 Å². The largest absolute Gasteiger partial charge is 0.493 e. The van der Waals surface area contributed by atoms with Gasteiger partial charge in [-0.3, -0.25) is 4.79 Å². The average Bonchev–Trinajstić information content (AvgIpc) is 2.30. The van der Waals surface area contributed by atoms with Crippen molar-refractivity contribution >= 4 is 21.8 Å². The van der Waals surface area contributed by atoms with Crippen molar-refractivity contribution in [3.63, 3.8) is 0 Å². The van der Waals surface area contributed by atoms with Crippen LogP contribution in [-0.4, -0.2) is 30.5 Å².